The topological polar surface area (TPSA) is 55.4 Å². The van der Waals surface area contributed by atoms with Gasteiger partial charge in [-0.1, -0.05) is 91.0 Å². The van der Waals surface area contributed by atoms with Crippen LogP contribution in [0.5, 0.6) is 0 Å². The van der Waals surface area contributed by atoms with E-state index in [0.29, 0.717) is 26.4 Å². The van der Waals surface area contributed by atoms with Crippen LogP contribution in [0.15, 0.2) is 91.0 Å². The van der Waals surface area contributed by atoms with Crippen molar-refractivity contribution < 1.29 is 28.4 Å². The molecule has 2 aliphatic heterocycles. The van der Waals surface area contributed by atoms with Crippen molar-refractivity contribution in [1.29, 1.82) is 0 Å². The number of hydrogen-bond acceptors (Lipinski definition) is 6. The smallest absolute Gasteiger partial charge is 0.190 e. The Bertz CT molecular complexity index is 1020. The van der Waals surface area contributed by atoms with Gasteiger partial charge in [0, 0.05) is 0 Å². The van der Waals surface area contributed by atoms with Gasteiger partial charge in [0.25, 0.3) is 0 Å². The summed E-state index contributed by atoms with van der Waals surface area (Å²) >= 11 is 0. The minimum absolute atomic E-state index is 0.348. The van der Waals surface area contributed by atoms with Gasteiger partial charge < -0.3 is 28.4 Å². The van der Waals surface area contributed by atoms with Gasteiger partial charge >= 0.3 is 0 Å². The molecule has 0 radical (unpaired) electrons. The minimum atomic E-state index is -0.535. The maximum atomic E-state index is 6.46. The Labute approximate surface area is 206 Å². The average Bonchev–Trinajstić information content (AvgIpc) is 3.28. The van der Waals surface area contributed by atoms with Crippen molar-refractivity contribution >= 4 is 0 Å². The summed E-state index contributed by atoms with van der Waals surface area (Å²) in [5, 5.41) is 0. The lowest BCUT2D eigenvalue weighted by atomic mass is 9.98. The Kier molecular flexibility index (Phi) is 8.21. The van der Waals surface area contributed by atoms with E-state index < -0.39 is 12.4 Å². The van der Waals surface area contributed by atoms with Crippen LogP contribution < -0.4 is 0 Å². The quantitative estimate of drug-likeness (QED) is 0.417. The van der Waals surface area contributed by atoms with Crippen LogP contribution >= 0.6 is 0 Å². The lowest BCUT2D eigenvalue weighted by molar-refractivity contribution is -0.277. The van der Waals surface area contributed by atoms with Gasteiger partial charge in [-0.05, 0) is 23.6 Å². The predicted octanol–water partition coefficient (Wildman–Crippen LogP) is 4.86. The molecule has 2 heterocycles. The van der Waals surface area contributed by atoms with Gasteiger partial charge in [0.2, 0.25) is 0 Å². The first-order valence-electron chi connectivity index (χ1n) is 12.2. The third-order valence-electron chi connectivity index (χ3n) is 6.23. The molecule has 2 aliphatic rings. The monoisotopic (exact) mass is 476 g/mol. The SMILES string of the molecule is C[C@@H]1O[C@@H]2O[C@H](COCc3ccccc3)[C@@H](OCc3ccccc3)[C@H](OCc3ccccc3)[C@@H]2O1. The summed E-state index contributed by atoms with van der Waals surface area (Å²) in [6.45, 7) is 3.58. The zero-order chi connectivity index (χ0) is 23.9. The van der Waals surface area contributed by atoms with E-state index in [9.17, 15) is 0 Å². The number of rotatable bonds is 10. The Morgan fingerprint density at radius 1 is 0.600 bits per heavy atom. The molecule has 0 aromatic heterocycles. The van der Waals surface area contributed by atoms with E-state index >= 15 is 0 Å². The molecule has 184 valence electrons. The van der Waals surface area contributed by atoms with Crippen LogP contribution in [0, 0.1) is 0 Å². The van der Waals surface area contributed by atoms with Crippen molar-refractivity contribution in [3.8, 4) is 0 Å². The Morgan fingerprint density at radius 2 is 1.11 bits per heavy atom. The summed E-state index contributed by atoms with van der Waals surface area (Å²) < 4.78 is 37.3. The second-order valence-electron chi connectivity index (χ2n) is 8.87. The van der Waals surface area contributed by atoms with Crippen LogP contribution in [0.1, 0.15) is 23.6 Å². The third kappa shape index (κ3) is 6.35. The second kappa shape index (κ2) is 11.9. The maximum absolute atomic E-state index is 6.46. The zero-order valence-electron chi connectivity index (χ0n) is 19.9. The molecule has 5 rings (SSSR count). The number of hydrogen-bond donors (Lipinski definition) is 0. The minimum Gasteiger partial charge on any atom is -0.374 e. The molecule has 3 aromatic carbocycles. The van der Waals surface area contributed by atoms with E-state index in [0.717, 1.165) is 16.7 Å². The Balaban J connectivity index is 1.33. The van der Waals surface area contributed by atoms with Gasteiger partial charge in [0.05, 0.1) is 26.4 Å². The van der Waals surface area contributed by atoms with Crippen LogP contribution in [0.2, 0.25) is 0 Å². The maximum Gasteiger partial charge on any atom is 0.190 e. The fraction of sp³-hybridized carbons (Fsp3) is 0.379. The molecule has 0 N–H and O–H groups in total. The Hall–Kier alpha value is -2.58. The summed E-state index contributed by atoms with van der Waals surface area (Å²) in [4.78, 5) is 0. The van der Waals surface area contributed by atoms with Gasteiger partial charge in [-0.3, -0.25) is 0 Å². The van der Waals surface area contributed by atoms with Crippen LogP contribution in [0.4, 0.5) is 0 Å². The first-order chi connectivity index (χ1) is 17.3. The predicted molar refractivity (Wildman–Crippen MR) is 130 cm³/mol. The second-order valence-corrected chi connectivity index (χ2v) is 8.87. The normalized spacial score (nSPS) is 28.0. The molecule has 2 fully saturated rings. The molecular formula is C29H32O6. The van der Waals surface area contributed by atoms with Crippen molar-refractivity contribution in [2.45, 2.75) is 63.7 Å². The van der Waals surface area contributed by atoms with E-state index in [1.165, 1.54) is 0 Å². The highest BCUT2D eigenvalue weighted by atomic mass is 16.8. The third-order valence-corrected chi connectivity index (χ3v) is 6.23. The molecule has 0 amide bonds. The van der Waals surface area contributed by atoms with Crippen LogP contribution in [-0.2, 0) is 48.2 Å². The van der Waals surface area contributed by atoms with E-state index in [4.69, 9.17) is 28.4 Å². The summed E-state index contributed by atoms with van der Waals surface area (Å²) in [6, 6.07) is 30.3. The largest absolute Gasteiger partial charge is 0.374 e. The van der Waals surface area contributed by atoms with Crippen LogP contribution in [0.25, 0.3) is 0 Å². The first kappa shape index (κ1) is 24.1. The van der Waals surface area contributed by atoms with Crippen molar-refractivity contribution in [1.82, 2.24) is 0 Å². The molecule has 2 saturated heterocycles. The molecule has 6 heteroatoms. The average molecular weight is 477 g/mol. The molecule has 35 heavy (non-hydrogen) atoms. The lowest BCUT2D eigenvalue weighted by Gasteiger charge is -2.42. The molecule has 6 nitrogen and oxygen atoms in total. The van der Waals surface area contributed by atoms with Gasteiger partial charge in [-0.15, -0.1) is 0 Å². The fourth-order valence-electron chi connectivity index (χ4n) is 4.50. The summed E-state index contributed by atoms with van der Waals surface area (Å²) in [5.74, 6) is 0. The number of ether oxygens (including phenoxy) is 6. The molecule has 0 saturated carbocycles. The molecule has 0 unspecified atom stereocenters. The van der Waals surface area contributed by atoms with Crippen molar-refractivity contribution in [2.75, 3.05) is 6.61 Å². The van der Waals surface area contributed by atoms with Gasteiger partial charge in [0.15, 0.2) is 12.6 Å². The summed E-state index contributed by atoms with van der Waals surface area (Å²) in [6.07, 6.45) is -2.46. The van der Waals surface area contributed by atoms with Crippen molar-refractivity contribution in [2.24, 2.45) is 0 Å². The van der Waals surface area contributed by atoms with Crippen molar-refractivity contribution in [3.63, 3.8) is 0 Å². The molecular weight excluding hydrogens is 444 g/mol. The van der Waals surface area contributed by atoms with E-state index in [1.54, 1.807) is 0 Å². The van der Waals surface area contributed by atoms with E-state index in [1.807, 2.05) is 97.9 Å². The van der Waals surface area contributed by atoms with Gasteiger partial charge in [0.1, 0.15) is 24.4 Å². The van der Waals surface area contributed by atoms with Crippen molar-refractivity contribution in [3.05, 3.63) is 108 Å². The van der Waals surface area contributed by atoms with E-state index in [-0.39, 0.29) is 24.6 Å². The molecule has 0 spiro atoms. The van der Waals surface area contributed by atoms with Crippen LogP contribution in [-0.4, -0.2) is 43.6 Å². The highest BCUT2D eigenvalue weighted by Crippen LogP contribution is 2.35. The fourth-order valence-corrected chi connectivity index (χ4v) is 4.50. The molecule has 3 aromatic rings. The summed E-state index contributed by atoms with van der Waals surface area (Å²) in [5.41, 5.74) is 3.27. The molecule has 0 aliphatic carbocycles. The number of benzene rings is 3. The lowest BCUT2D eigenvalue weighted by Crippen LogP contribution is -2.59. The first-order valence-corrected chi connectivity index (χ1v) is 12.2. The van der Waals surface area contributed by atoms with Gasteiger partial charge in [-0.2, -0.15) is 0 Å². The summed E-state index contributed by atoms with van der Waals surface area (Å²) in [7, 11) is 0. The standard InChI is InChI=1S/C29H32O6/c1-21-33-28-27(32-19-24-15-9-4-10-16-24)26(31-18-23-13-7-3-8-14-23)25(35-29(28)34-21)20-30-17-22-11-5-2-6-12-22/h2-16,21,25-29H,17-20H2,1H3/t21-,25+,26+,27-,28-,29+/m0/s1. The molecule has 6 atom stereocenters. The zero-order valence-corrected chi connectivity index (χ0v) is 19.9. The highest BCUT2D eigenvalue weighted by Gasteiger charge is 2.53. The molecule has 0 bridgehead atoms. The van der Waals surface area contributed by atoms with Gasteiger partial charge in [-0.25, -0.2) is 0 Å². The Morgan fingerprint density at radius 3 is 1.69 bits per heavy atom. The van der Waals surface area contributed by atoms with Crippen LogP contribution in [0.3, 0.4) is 0 Å². The highest BCUT2D eigenvalue weighted by molar-refractivity contribution is 5.15. The number of fused-ring (bicyclic) bond motifs is 1. The van der Waals surface area contributed by atoms with E-state index in [2.05, 4.69) is 0 Å².